The molecule has 0 unspecified atom stereocenters. The standard InChI is InChI=1S/C16H23BrO3/c1-4-6-12-14(20-10-5-9-17)8-7-13(16(12)19)15(18)11(2)3/h7-8,11,19H,4-6,9-10H2,1-3H3. The first-order valence-corrected chi connectivity index (χ1v) is 8.22. The van der Waals surface area contributed by atoms with Crippen molar-refractivity contribution in [1.82, 2.24) is 0 Å². The number of phenolic OH excluding ortho intramolecular Hbond substituents is 1. The number of hydrogen-bond donors (Lipinski definition) is 1. The van der Waals surface area contributed by atoms with Gasteiger partial charge in [0.05, 0.1) is 12.2 Å². The number of ether oxygens (including phenoxy) is 1. The van der Waals surface area contributed by atoms with Crippen LogP contribution >= 0.6 is 15.9 Å². The quantitative estimate of drug-likeness (QED) is 0.434. The molecule has 0 saturated carbocycles. The second-order valence-corrected chi connectivity index (χ2v) is 5.89. The van der Waals surface area contributed by atoms with Gasteiger partial charge < -0.3 is 9.84 Å². The lowest BCUT2D eigenvalue weighted by Crippen LogP contribution is -2.09. The van der Waals surface area contributed by atoms with Gasteiger partial charge in [-0.2, -0.15) is 0 Å². The van der Waals surface area contributed by atoms with Crippen molar-refractivity contribution in [1.29, 1.82) is 0 Å². The van der Waals surface area contributed by atoms with E-state index in [1.165, 1.54) is 0 Å². The average Bonchev–Trinajstić information content (AvgIpc) is 2.42. The van der Waals surface area contributed by atoms with E-state index in [0.29, 0.717) is 24.3 Å². The van der Waals surface area contributed by atoms with Crippen LogP contribution in [0.1, 0.15) is 49.5 Å². The largest absolute Gasteiger partial charge is 0.507 e. The summed E-state index contributed by atoms with van der Waals surface area (Å²) in [6, 6.07) is 3.47. The van der Waals surface area contributed by atoms with Gasteiger partial charge in [-0.25, -0.2) is 0 Å². The predicted octanol–water partition coefficient (Wildman–Crippen LogP) is 4.35. The van der Waals surface area contributed by atoms with Gasteiger partial charge >= 0.3 is 0 Å². The normalized spacial score (nSPS) is 10.8. The molecule has 1 aromatic carbocycles. The minimum absolute atomic E-state index is 0.0353. The summed E-state index contributed by atoms with van der Waals surface area (Å²) in [5.74, 6) is 0.606. The molecule has 0 spiro atoms. The van der Waals surface area contributed by atoms with Crippen LogP contribution in [0.3, 0.4) is 0 Å². The Hall–Kier alpha value is -1.03. The Morgan fingerprint density at radius 3 is 2.65 bits per heavy atom. The van der Waals surface area contributed by atoms with Gasteiger partial charge in [-0.1, -0.05) is 43.1 Å². The summed E-state index contributed by atoms with van der Waals surface area (Å²) in [5, 5.41) is 11.2. The molecule has 0 fully saturated rings. The summed E-state index contributed by atoms with van der Waals surface area (Å²) in [4.78, 5) is 12.1. The molecule has 0 radical (unpaired) electrons. The Balaban J connectivity index is 3.09. The van der Waals surface area contributed by atoms with E-state index in [1.54, 1.807) is 12.1 Å². The molecule has 0 aliphatic heterocycles. The number of hydrogen-bond acceptors (Lipinski definition) is 3. The smallest absolute Gasteiger partial charge is 0.169 e. The van der Waals surface area contributed by atoms with Crippen molar-refractivity contribution >= 4 is 21.7 Å². The van der Waals surface area contributed by atoms with Gasteiger partial charge in [-0.05, 0) is 25.0 Å². The first kappa shape index (κ1) is 17.0. The Morgan fingerprint density at radius 1 is 1.40 bits per heavy atom. The third-order valence-corrected chi connectivity index (χ3v) is 3.63. The molecule has 3 nitrogen and oxygen atoms in total. The second-order valence-electron chi connectivity index (χ2n) is 5.10. The minimum Gasteiger partial charge on any atom is -0.507 e. The van der Waals surface area contributed by atoms with Crippen LogP contribution in [-0.2, 0) is 6.42 Å². The van der Waals surface area contributed by atoms with Gasteiger partial charge in [0.1, 0.15) is 11.5 Å². The molecule has 1 rings (SSSR count). The zero-order chi connectivity index (χ0) is 15.1. The molecule has 0 bridgehead atoms. The van der Waals surface area contributed by atoms with Gasteiger partial charge in [0.25, 0.3) is 0 Å². The molecule has 0 saturated heterocycles. The summed E-state index contributed by atoms with van der Waals surface area (Å²) in [6.07, 6.45) is 2.50. The van der Waals surface area contributed by atoms with Crippen molar-refractivity contribution in [3.05, 3.63) is 23.3 Å². The molecule has 1 aromatic rings. The van der Waals surface area contributed by atoms with E-state index < -0.39 is 0 Å². The van der Waals surface area contributed by atoms with Crippen LogP contribution in [-0.4, -0.2) is 22.8 Å². The average molecular weight is 343 g/mol. The van der Waals surface area contributed by atoms with E-state index in [1.807, 2.05) is 20.8 Å². The predicted molar refractivity (Wildman–Crippen MR) is 85.2 cm³/mol. The fraction of sp³-hybridized carbons (Fsp3) is 0.562. The number of rotatable bonds is 8. The molecular weight excluding hydrogens is 320 g/mol. The van der Waals surface area contributed by atoms with Gasteiger partial charge in [-0.15, -0.1) is 0 Å². The zero-order valence-electron chi connectivity index (χ0n) is 12.4. The van der Waals surface area contributed by atoms with Crippen LogP contribution in [0.5, 0.6) is 11.5 Å². The Bertz CT molecular complexity index is 455. The monoisotopic (exact) mass is 342 g/mol. The maximum absolute atomic E-state index is 12.1. The first-order chi connectivity index (χ1) is 9.52. The first-order valence-electron chi connectivity index (χ1n) is 7.10. The number of Topliss-reactive ketones (excluding diaryl/α,β-unsaturated/α-hetero) is 1. The van der Waals surface area contributed by atoms with Crippen molar-refractivity contribution in [2.45, 2.75) is 40.0 Å². The van der Waals surface area contributed by atoms with Crippen LogP contribution in [0.25, 0.3) is 0 Å². The summed E-state index contributed by atoms with van der Waals surface area (Å²) in [6.45, 7) is 6.31. The lowest BCUT2D eigenvalue weighted by molar-refractivity contribution is 0.0936. The SMILES string of the molecule is CCCc1c(OCCCBr)ccc(C(=O)C(C)C)c1O. The molecule has 0 aliphatic rings. The van der Waals surface area contributed by atoms with E-state index in [4.69, 9.17) is 4.74 Å². The fourth-order valence-electron chi connectivity index (χ4n) is 1.99. The highest BCUT2D eigenvalue weighted by Crippen LogP contribution is 2.34. The van der Waals surface area contributed by atoms with Crippen molar-refractivity contribution in [2.24, 2.45) is 5.92 Å². The highest BCUT2D eigenvalue weighted by atomic mass is 79.9. The summed E-state index contributed by atoms with van der Waals surface area (Å²) in [7, 11) is 0. The third-order valence-electron chi connectivity index (χ3n) is 3.07. The number of aromatic hydroxyl groups is 1. The fourth-order valence-corrected chi connectivity index (χ4v) is 2.22. The maximum atomic E-state index is 12.1. The van der Waals surface area contributed by atoms with E-state index in [2.05, 4.69) is 15.9 Å². The number of phenols is 1. The van der Waals surface area contributed by atoms with Crippen molar-refractivity contribution in [3.8, 4) is 11.5 Å². The molecular formula is C16H23BrO3. The van der Waals surface area contributed by atoms with Crippen LogP contribution in [0.15, 0.2) is 12.1 Å². The maximum Gasteiger partial charge on any atom is 0.169 e. The number of halogens is 1. The number of carbonyl (C=O) groups excluding carboxylic acids is 1. The van der Waals surface area contributed by atoms with Gasteiger partial charge in [-0.3, -0.25) is 4.79 Å². The highest BCUT2D eigenvalue weighted by molar-refractivity contribution is 9.09. The molecule has 0 atom stereocenters. The molecule has 0 heterocycles. The van der Waals surface area contributed by atoms with Crippen molar-refractivity contribution in [2.75, 3.05) is 11.9 Å². The highest BCUT2D eigenvalue weighted by Gasteiger charge is 2.19. The van der Waals surface area contributed by atoms with E-state index in [0.717, 1.165) is 23.7 Å². The molecule has 1 N–H and O–H groups in total. The molecule has 0 amide bonds. The van der Waals surface area contributed by atoms with E-state index in [-0.39, 0.29) is 17.5 Å². The zero-order valence-corrected chi connectivity index (χ0v) is 14.0. The van der Waals surface area contributed by atoms with Crippen molar-refractivity contribution < 1.29 is 14.6 Å². The molecule has 112 valence electrons. The summed E-state index contributed by atoms with van der Waals surface area (Å²) in [5.41, 5.74) is 1.14. The molecule has 0 aromatic heterocycles. The van der Waals surface area contributed by atoms with Gasteiger partial charge in [0, 0.05) is 16.8 Å². The van der Waals surface area contributed by atoms with E-state index in [9.17, 15) is 9.90 Å². The summed E-state index contributed by atoms with van der Waals surface area (Å²) < 4.78 is 5.70. The lowest BCUT2D eigenvalue weighted by Gasteiger charge is -2.15. The van der Waals surface area contributed by atoms with Crippen molar-refractivity contribution in [3.63, 3.8) is 0 Å². The van der Waals surface area contributed by atoms with Crippen LogP contribution in [0.4, 0.5) is 0 Å². The Labute approximate surface area is 129 Å². The topological polar surface area (TPSA) is 46.5 Å². The van der Waals surface area contributed by atoms with Gasteiger partial charge in [0.2, 0.25) is 0 Å². The third kappa shape index (κ3) is 4.23. The van der Waals surface area contributed by atoms with E-state index >= 15 is 0 Å². The van der Waals surface area contributed by atoms with Crippen LogP contribution in [0, 0.1) is 5.92 Å². The minimum atomic E-state index is -0.129. The van der Waals surface area contributed by atoms with Crippen LogP contribution < -0.4 is 4.74 Å². The number of ketones is 1. The lowest BCUT2D eigenvalue weighted by atomic mass is 9.96. The van der Waals surface area contributed by atoms with Crippen LogP contribution in [0.2, 0.25) is 0 Å². The molecule has 20 heavy (non-hydrogen) atoms. The Morgan fingerprint density at radius 2 is 2.10 bits per heavy atom. The summed E-state index contributed by atoms with van der Waals surface area (Å²) >= 11 is 3.36. The molecule has 4 heteroatoms. The number of carbonyl (C=O) groups is 1. The Kier molecular flexibility index (Phi) is 7.06. The second kappa shape index (κ2) is 8.30. The molecule has 0 aliphatic carbocycles. The number of benzene rings is 1. The van der Waals surface area contributed by atoms with Gasteiger partial charge in [0.15, 0.2) is 5.78 Å². The number of alkyl halides is 1.